The lowest BCUT2D eigenvalue weighted by atomic mass is 10.0. The standard InChI is InChI=1S/C28H29N5O3S/c1-19(2)21-12-10-20(11-13-21)17-29-30-26(34)18-37-28-32-31-27(33(28)23-8-6-5-7-9-23)22-14-15-24(35-3)25(16-22)36-4/h5-17,19H,18H2,1-4H3,(H,30,34). The van der Waals surface area contributed by atoms with Crippen LogP contribution in [0.15, 0.2) is 83.1 Å². The summed E-state index contributed by atoms with van der Waals surface area (Å²) in [4.78, 5) is 12.5. The summed E-state index contributed by atoms with van der Waals surface area (Å²) in [5.74, 6) is 2.19. The third kappa shape index (κ3) is 6.37. The van der Waals surface area contributed by atoms with Crippen molar-refractivity contribution < 1.29 is 14.3 Å². The molecule has 4 aromatic rings. The number of methoxy groups -OCH3 is 2. The average Bonchev–Trinajstić information content (AvgIpc) is 3.36. The molecule has 9 heteroatoms. The van der Waals surface area contributed by atoms with Crippen molar-refractivity contribution in [1.29, 1.82) is 0 Å². The fourth-order valence-electron chi connectivity index (χ4n) is 3.64. The molecule has 1 amide bonds. The van der Waals surface area contributed by atoms with Gasteiger partial charge < -0.3 is 9.47 Å². The molecule has 0 atom stereocenters. The van der Waals surface area contributed by atoms with E-state index in [1.54, 1.807) is 20.4 Å². The molecule has 0 aliphatic heterocycles. The molecular weight excluding hydrogens is 486 g/mol. The minimum absolute atomic E-state index is 0.126. The minimum Gasteiger partial charge on any atom is -0.493 e. The Morgan fingerprint density at radius 1 is 1.00 bits per heavy atom. The largest absolute Gasteiger partial charge is 0.493 e. The van der Waals surface area contributed by atoms with Crippen molar-refractivity contribution in [3.05, 3.63) is 83.9 Å². The van der Waals surface area contributed by atoms with Crippen LogP contribution in [0.3, 0.4) is 0 Å². The SMILES string of the molecule is COc1ccc(-c2nnc(SCC(=O)NN=Cc3ccc(C(C)C)cc3)n2-c2ccccc2)cc1OC. The Morgan fingerprint density at radius 3 is 2.41 bits per heavy atom. The summed E-state index contributed by atoms with van der Waals surface area (Å²) in [7, 11) is 3.18. The van der Waals surface area contributed by atoms with Gasteiger partial charge in [-0.2, -0.15) is 5.10 Å². The van der Waals surface area contributed by atoms with E-state index in [0.717, 1.165) is 16.8 Å². The number of rotatable bonds is 10. The maximum atomic E-state index is 12.5. The molecule has 3 aromatic carbocycles. The molecule has 1 aromatic heterocycles. The number of para-hydroxylation sites is 1. The van der Waals surface area contributed by atoms with Crippen LogP contribution in [-0.2, 0) is 4.79 Å². The van der Waals surface area contributed by atoms with E-state index in [1.807, 2.05) is 65.2 Å². The second-order valence-corrected chi connectivity index (χ2v) is 9.39. The third-order valence-corrected chi connectivity index (χ3v) is 6.56. The number of carbonyl (C=O) groups is 1. The van der Waals surface area contributed by atoms with Gasteiger partial charge in [-0.3, -0.25) is 9.36 Å². The van der Waals surface area contributed by atoms with Crippen molar-refractivity contribution in [2.45, 2.75) is 24.9 Å². The number of hydrogen-bond acceptors (Lipinski definition) is 7. The number of nitrogens with one attached hydrogen (secondary N) is 1. The lowest BCUT2D eigenvalue weighted by molar-refractivity contribution is -0.118. The van der Waals surface area contributed by atoms with Gasteiger partial charge in [0.05, 0.1) is 26.2 Å². The van der Waals surface area contributed by atoms with E-state index < -0.39 is 0 Å². The van der Waals surface area contributed by atoms with Crippen molar-refractivity contribution in [2.24, 2.45) is 5.10 Å². The second-order valence-electron chi connectivity index (χ2n) is 8.45. The number of hydrogen-bond donors (Lipinski definition) is 1. The molecular formula is C28H29N5O3S. The van der Waals surface area contributed by atoms with Gasteiger partial charge in [-0.15, -0.1) is 10.2 Å². The van der Waals surface area contributed by atoms with Gasteiger partial charge in [-0.05, 0) is 47.4 Å². The van der Waals surface area contributed by atoms with Crippen molar-refractivity contribution >= 4 is 23.9 Å². The maximum absolute atomic E-state index is 12.5. The van der Waals surface area contributed by atoms with Crippen molar-refractivity contribution in [2.75, 3.05) is 20.0 Å². The Balaban J connectivity index is 1.50. The van der Waals surface area contributed by atoms with Crippen LogP contribution >= 0.6 is 11.8 Å². The van der Waals surface area contributed by atoms with E-state index in [9.17, 15) is 4.79 Å². The number of aromatic nitrogens is 3. The molecule has 0 saturated carbocycles. The number of carbonyl (C=O) groups excluding carboxylic acids is 1. The molecule has 0 saturated heterocycles. The number of amides is 1. The molecule has 0 aliphatic carbocycles. The van der Waals surface area contributed by atoms with Gasteiger partial charge in [0, 0.05) is 11.3 Å². The molecule has 0 aliphatic rings. The van der Waals surface area contributed by atoms with Crippen molar-refractivity contribution in [3.63, 3.8) is 0 Å². The first-order valence-corrected chi connectivity index (χ1v) is 12.8. The highest BCUT2D eigenvalue weighted by Gasteiger charge is 2.18. The Hall–Kier alpha value is -4.11. The maximum Gasteiger partial charge on any atom is 0.250 e. The lowest BCUT2D eigenvalue weighted by Crippen LogP contribution is -2.20. The topological polar surface area (TPSA) is 90.6 Å². The van der Waals surface area contributed by atoms with Gasteiger partial charge in [0.15, 0.2) is 22.5 Å². The molecule has 37 heavy (non-hydrogen) atoms. The molecule has 8 nitrogen and oxygen atoms in total. The molecule has 0 spiro atoms. The van der Waals surface area contributed by atoms with Gasteiger partial charge >= 0.3 is 0 Å². The highest BCUT2D eigenvalue weighted by Crippen LogP contribution is 2.34. The number of nitrogens with zero attached hydrogens (tertiary/aromatic N) is 4. The molecule has 0 unspecified atom stereocenters. The summed E-state index contributed by atoms with van der Waals surface area (Å²) < 4.78 is 12.7. The van der Waals surface area contributed by atoms with Gasteiger partial charge in [-0.1, -0.05) is 68.1 Å². The number of ether oxygens (including phenoxy) is 2. The van der Waals surface area contributed by atoms with E-state index >= 15 is 0 Å². The Kier molecular flexibility index (Phi) is 8.58. The molecule has 4 rings (SSSR count). The average molecular weight is 516 g/mol. The van der Waals surface area contributed by atoms with E-state index in [2.05, 4.69) is 46.7 Å². The zero-order valence-electron chi connectivity index (χ0n) is 21.2. The molecule has 0 radical (unpaired) electrons. The van der Waals surface area contributed by atoms with Crippen LogP contribution in [0.2, 0.25) is 0 Å². The van der Waals surface area contributed by atoms with Gasteiger partial charge in [-0.25, -0.2) is 5.43 Å². The summed E-state index contributed by atoms with van der Waals surface area (Å²) in [5.41, 5.74) is 6.44. The lowest BCUT2D eigenvalue weighted by Gasteiger charge is -2.12. The van der Waals surface area contributed by atoms with E-state index in [4.69, 9.17) is 9.47 Å². The van der Waals surface area contributed by atoms with E-state index in [0.29, 0.717) is 28.4 Å². The minimum atomic E-state index is -0.240. The third-order valence-electron chi connectivity index (χ3n) is 5.63. The fraction of sp³-hybridized carbons (Fsp3) is 0.214. The quantitative estimate of drug-likeness (QED) is 0.175. The van der Waals surface area contributed by atoms with Crippen molar-refractivity contribution in [1.82, 2.24) is 20.2 Å². The van der Waals surface area contributed by atoms with Gasteiger partial charge in [0.1, 0.15) is 0 Å². The summed E-state index contributed by atoms with van der Waals surface area (Å²) in [6.07, 6.45) is 1.63. The van der Waals surface area contributed by atoms with Crippen LogP contribution < -0.4 is 14.9 Å². The number of benzene rings is 3. The van der Waals surface area contributed by atoms with Gasteiger partial charge in [0.2, 0.25) is 0 Å². The van der Waals surface area contributed by atoms with Crippen LogP contribution in [0.25, 0.3) is 17.1 Å². The van der Waals surface area contributed by atoms with Crippen LogP contribution in [0, 0.1) is 0 Å². The first kappa shape index (κ1) is 26.0. The van der Waals surface area contributed by atoms with Crippen molar-refractivity contribution in [3.8, 4) is 28.6 Å². The van der Waals surface area contributed by atoms with E-state index in [-0.39, 0.29) is 11.7 Å². The number of hydrazone groups is 1. The second kappa shape index (κ2) is 12.2. The Morgan fingerprint density at radius 2 is 1.73 bits per heavy atom. The van der Waals surface area contributed by atoms with Crippen LogP contribution in [-0.4, -0.2) is 46.9 Å². The molecule has 0 fully saturated rings. The molecule has 1 N–H and O–H groups in total. The van der Waals surface area contributed by atoms with Crippen LogP contribution in [0.4, 0.5) is 0 Å². The molecule has 0 bridgehead atoms. The Bertz CT molecular complexity index is 1370. The highest BCUT2D eigenvalue weighted by atomic mass is 32.2. The first-order valence-electron chi connectivity index (χ1n) is 11.8. The molecule has 190 valence electrons. The molecule has 1 heterocycles. The monoisotopic (exact) mass is 515 g/mol. The Labute approximate surface area is 220 Å². The summed E-state index contributed by atoms with van der Waals surface area (Å²) in [6, 6.07) is 23.4. The first-order chi connectivity index (χ1) is 18.0. The van der Waals surface area contributed by atoms with E-state index in [1.165, 1.54) is 17.3 Å². The zero-order chi connectivity index (χ0) is 26.2. The van der Waals surface area contributed by atoms with Crippen LogP contribution in [0.1, 0.15) is 30.9 Å². The summed E-state index contributed by atoms with van der Waals surface area (Å²) >= 11 is 1.28. The predicted molar refractivity (Wildman–Crippen MR) is 147 cm³/mol. The smallest absolute Gasteiger partial charge is 0.250 e. The summed E-state index contributed by atoms with van der Waals surface area (Å²) in [5, 5.41) is 13.5. The summed E-state index contributed by atoms with van der Waals surface area (Å²) in [6.45, 7) is 4.30. The fourth-order valence-corrected chi connectivity index (χ4v) is 4.39. The highest BCUT2D eigenvalue weighted by molar-refractivity contribution is 7.99. The zero-order valence-corrected chi connectivity index (χ0v) is 22.0. The van der Waals surface area contributed by atoms with Crippen LogP contribution in [0.5, 0.6) is 11.5 Å². The predicted octanol–water partition coefficient (Wildman–Crippen LogP) is 5.32. The van der Waals surface area contributed by atoms with Gasteiger partial charge in [0.25, 0.3) is 5.91 Å². The number of thioether (sulfide) groups is 1. The normalized spacial score (nSPS) is 11.2.